The van der Waals surface area contributed by atoms with Gasteiger partial charge in [-0.3, -0.25) is 0 Å². The SMILES string of the molecule is Fc1c(OC(F)F)ccnc1C(F)(F)F. The first kappa shape index (κ1) is 11.6. The molecule has 0 amide bonds. The summed E-state index contributed by atoms with van der Waals surface area (Å²) in [6.45, 7) is -3.40. The summed E-state index contributed by atoms with van der Waals surface area (Å²) in [7, 11) is 0. The van der Waals surface area contributed by atoms with Crippen LogP contribution < -0.4 is 4.74 Å². The van der Waals surface area contributed by atoms with Crippen LogP contribution in [0.3, 0.4) is 0 Å². The molecule has 0 aliphatic heterocycles. The van der Waals surface area contributed by atoms with Crippen LogP contribution in [0.15, 0.2) is 12.3 Å². The van der Waals surface area contributed by atoms with Crippen molar-refractivity contribution in [3.8, 4) is 5.75 Å². The lowest BCUT2D eigenvalue weighted by Gasteiger charge is -2.10. The molecule has 1 rings (SSSR count). The molecular weight excluding hydrogens is 228 g/mol. The van der Waals surface area contributed by atoms with Gasteiger partial charge >= 0.3 is 12.8 Å². The molecule has 0 aliphatic rings. The van der Waals surface area contributed by atoms with Crippen LogP contribution in [-0.2, 0) is 6.18 Å². The molecule has 0 bridgehead atoms. The van der Waals surface area contributed by atoms with Gasteiger partial charge in [-0.05, 0) is 0 Å². The molecule has 0 unspecified atom stereocenters. The van der Waals surface area contributed by atoms with E-state index in [1.54, 1.807) is 0 Å². The van der Waals surface area contributed by atoms with Crippen molar-refractivity contribution in [3.05, 3.63) is 23.8 Å². The molecule has 0 atom stereocenters. The lowest BCUT2D eigenvalue weighted by Crippen LogP contribution is -2.13. The van der Waals surface area contributed by atoms with Crippen LogP contribution in [0.4, 0.5) is 26.3 Å². The molecule has 1 aromatic rings. The quantitative estimate of drug-likeness (QED) is 0.730. The average Bonchev–Trinajstić information content (AvgIpc) is 2.05. The maximum Gasteiger partial charge on any atom is 0.436 e. The van der Waals surface area contributed by atoms with Crippen LogP contribution in [-0.4, -0.2) is 11.6 Å². The van der Waals surface area contributed by atoms with Gasteiger partial charge in [0, 0.05) is 12.3 Å². The highest BCUT2D eigenvalue weighted by Crippen LogP contribution is 2.33. The summed E-state index contributed by atoms with van der Waals surface area (Å²) < 4.78 is 75.8. The van der Waals surface area contributed by atoms with Crippen LogP contribution in [0.25, 0.3) is 0 Å². The second-order valence-corrected chi connectivity index (χ2v) is 2.35. The van der Waals surface area contributed by atoms with E-state index in [0.717, 1.165) is 0 Å². The van der Waals surface area contributed by atoms with Crippen molar-refractivity contribution in [1.82, 2.24) is 4.98 Å². The molecule has 1 heterocycles. The molecule has 0 aromatic carbocycles. The highest BCUT2D eigenvalue weighted by Gasteiger charge is 2.37. The van der Waals surface area contributed by atoms with Crippen LogP contribution in [0, 0.1) is 5.82 Å². The molecule has 2 nitrogen and oxygen atoms in total. The molecule has 0 spiro atoms. The fraction of sp³-hybridized carbons (Fsp3) is 0.286. The summed E-state index contributed by atoms with van der Waals surface area (Å²) in [5, 5.41) is 0. The van der Waals surface area contributed by atoms with Gasteiger partial charge in [0.05, 0.1) is 0 Å². The van der Waals surface area contributed by atoms with Crippen molar-refractivity contribution in [2.75, 3.05) is 0 Å². The standard InChI is InChI=1S/C7H3F6NO/c8-4-3(15-6(9)10)1-2-14-5(4)7(11,12)13/h1-2,6H. The van der Waals surface area contributed by atoms with Crippen molar-refractivity contribution in [2.45, 2.75) is 12.8 Å². The third-order valence-corrected chi connectivity index (χ3v) is 1.34. The molecule has 0 radical (unpaired) electrons. The van der Waals surface area contributed by atoms with E-state index in [-0.39, 0.29) is 0 Å². The summed E-state index contributed by atoms with van der Waals surface area (Å²) >= 11 is 0. The van der Waals surface area contributed by atoms with Gasteiger partial charge in [-0.2, -0.15) is 22.0 Å². The van der Waals surface area contributed by atoms with E-state index >= 15 is 0 Å². The van der Waals surface area contributed by atoms with Crippen LogP contribution >= 0.6 is 0 Å². The minimum atomic E-state index is -5.05. The normalized spacial score (nSPS) is 11.9. The Hall–Kier alpha value is -1.47. The van der Waals surface area contributed by atoms with Gasteiger partial charge in [0.2, 0.25) is 0 Å². The van der Waals surface area contributed by atoms with Gasteiger partial charge in [-0.1, -0.05) is 0 Å². The Kier molecular flexibility index (Phi) is 3.06. The molecule has 0 fully saturated rings. The zero-order chi connectivity index (χ0) is 11.6. The molecule has 0 N–H and O–H groups in total. The lowest BCUT2D eigenvalue weighted by molar-refractivity contribution is -0.144. The number of nitrogens with zero attached hydrogens (tertiary/aromatic N) is 1. The molecule has 84 valence electrons. The van der Waals surface area contributed by atoms with Gasteiger partial charge in [0.25, 0.3) is 0 Å². The van der Waals surface area contributed by atoms with E-state index in [1.165, 1.54) is 0 Å². The zero-order valence-electron chi connectivity index (χ0n) is 6.86. The zero-order valence-corrected chi connectivity index (χ0v) is 6.86. The summed E-state index contributed by atoms with van der Waals surface area (Å²) in [5.41, 5.74) is -1.89. The van der Waals surface area contributed by atoms with Crippen LogP contribution in [0.1, 0.15) is 5.69 Å². The van der Waals surface area contributed by atoms with E-state index in [4.69, 9.17) is 0 Å². The molecule has 0 saturated heterocycles. The number of alkyl halides is 5. The Morgan fingerprint density at radius 1 is 1.27 bits per heavy atom. The lowest BCUT2D eigenvalue weighted by atomic mass is 10.3. The molecule has 1 aromatic heterocycles. The van der Waals surface area contributed by atoms with Crippen LogP contribution in [0.5, 0.6) is 5.75 Å². The van der Waals surface area contributed by atoms with Crippen molar-refractivity contribution in [3.63, 3.8) is 0 Å². The van der Waals surface area contributed by atoms with E-state index in [9.17, 15) is 26.3 Å². The topological polar surface area (TPSA) is 22.1 Å². The smallest absolute Gasteiger partial charge is 0.432 e. The van der Waals surface area contributed by atoms with E-state index in [0.29, 0.717) is 12.3 Å². The molecule has 0 aliphatic carbocycles. The molecule has 15 heavy (non-hydrogen) atoms. The monoisotopic (exact) mass is 231 g/mol. The van der Waals surface area contributed by atoms with Crippen LogP contribution in [0.2, 0.25) is 0 Å². The van der Waals surface area contributed by atoms with Gasteiger partial charge in [-0.25, -0.2) is 9.37 Å². The number of pyridine rings is 1. The molecule has 8 heteroatoms. The minimum absolute atomic E-state index is 0.531. The van der Waals surface area contributed by atoms with Gasteiger partial charge in [0.1, 0.15) is 0 Å². The summed E-state index contributed by atoms with van der Waals surface area (Å²) in [6.07, 6.45) is -4.52. The summed E-state index contributed by atoms with van der Waals surface area (Å²) in [4.78, 5) is 2.69. The number of halogens is 6. The van der Waals surface area contributed by atoms with Gasteiger partial charge in [0.15, 0.2) is 17.3 Å². The van der Waals surface area contributed by atoms with Crippen molar-refractivity contribution in [2.24, 2.45) is 0 Å². The fourth-order valence-electron chi connectivity index (χ4n) is 0.811. The van der Waals surface area contributed by atoms with Crippen molar-refractivity contribution >= 4 is 0 Å². The third kappa shape index (κ3) is 2.74. The number of rotatable bonds is 2. The molecule has 0 saturated carbocycles. The third-order valence-electron chi connectivity index (χ3n) is 1.34. The Morgan fingerprint density at radius 3 is 2.33 bits per heavy atom. The number of ether oxygens (including phenoxy) is 1. The predicted molar refractivity (Wildman–Crippen MR) is 35.8 cm³/mol. The van der Waals surface area contributed by atoms with Crippen molar-refractivity contribution in [1.29, 1.82) is 0 Å². The van der Waals surface area contributed by atoms with Crippen molar-refractivity contribution < 1.29 is 31.1 Å². The highest BCUT2D eigenvalue weighted by molar-refractivity contribution is 5.27. The second kappa shape index (κ2) is 3.95. The average molecular weight is 231 g/mol. The maximum absolute atomic E-state index is 12.9. The number of hydrogen-bond acceptors (Lipinski definition) is 2. The molecular formula is C7H3F6NO. The van der Waals surface area contributed by atoms with E-state index in [2.05, 4.69) is 9.72 Å². The first-order valence-corrected chi connectivity index (χ1v) is 3.49. The largest absolute Gasteiger partial charge is 0.436 e. The summed E-state index contributed by atoms with van der Waals surface area (Å²) in [6, 6.07) is 0.580. The first-order valence-electron chi connectivity index (χ1n) is 3.49. The predicted octanol–water partition coefficient (Wildman–Crippen LogP) is 2.84. The Balaban J connectivity index is 3.12. The number of aromatic nitrogens is 1. The fourth-order valence-corrected chi connectivity index (χ4v) is 0.811. The van der Waals surface area contributed by atoms with E-state index in [1.807, 2.05) is 0 Å². The maximum atomic E-state index is 12.9. The minimum Gasteiger partial charge on any atom is -0.432 e. The highest BCUT2D eigenvalue weighted by atomic mass is 19.4. The Labute approximate surface area is 79.5 Å². The van der Waals surface area contributed by atoms with Gasteiger partial charge in [-0.15, -0.1) is 0 Å². The van der Waals surface area contributed by atoms with E-state index < -0.39 is 30.0 Å². The second-order valence-electron chi connectivity index (χ2n) is 2.35. The Bertz CT molecular complexity index is 350. The first-order chi connectivity index (χ1) is 6.82. The van der Waals surface area contributed by atoms with Gasteiger partial charge < -0.3 is 4.74 Å². The number of hydrogen-bond donors (Lipinski definition) is 0. The Morgan fingerprint density at radius 2 is 1.87 bits per heavy atom. The summed E-state index contributed by atoms with van der Waals surface area (Å²) in [5.74, 6) is -3.14.